The van der Waals surface area contributed by atoms with Crippen molar-refractivity contribution in [1.82, 2.24) is 19.5 Å². The average molecular weight is 764 g/mol. The Morgan fingerprint density at radius 3 is 2.19 bits per heavy atom. The van der Waals surface area contributed by atoms with E-state index in [1.165, 1.54) is 6.33 Å². The number of amides is 1. The number of anilines is 1. The molecule has 2 aromatic carbocycles. The number of thiocarbonyl (C=S) groups is 1. The van der Waals surface area contributed by atoms with Gasteiger partial charge in [0.2, 0.25) is 0 Å². The zero-order chi connectivity index (χ0) is 37.4. The van der Waals surface area contributed by atoms with Gasteiger partial charge < -0.3 is 32.5 Å². The van der Waals surface area contributed by atoms with E-state index in [2.05, 4.69) is 75.7 Å². The third kappa shape index (κ3) is 7.32. The van der Waals surface area contributed by atoms with Crippen LogP contribution in [0.2, 0.25) is 22.2 Å². The number of nitrogens with one attached hydrogen (secondary N) is 1. The van der Waals surface area contributed by atoms with Gasteiger partial charge in [-0.25, -0.2) is 15.0 Å². The number of hydrogen-bond acceptors (Lipinski definition) is 11. The van der Waals surface area contributed by atoms with Crippen LogP contribution in [0.3, 0.4) is 0 Å². The summed E-state index contributed by atoms with van der Waals surface area (Å²) in [6.45, 7) is 19.6. The minimum atomic E-state index is -3.07. The van der Waals surface area contributed by atoms with E-state index in [-0.39, 0.29) is 45.7 Å². The summed E-state index contributed by atoms with van der Waals surface area (Å²) in [5, 5.41) is 2.80. The minimum Gasteiger partial charge on any atom is -0.446 e. The maximum absolute atomic E-state index is 13.1. The van der Waals surface area contributed by atoms with Gasteiger partial charge in [-0.1, -0.05) is 91.3 Å². The molecule has 4 heterocycles. The maximum atomic E-state index is 13.1. The van der Waals surface area contributed by atoms with Crippen molar-refractivity contribution in [3.63, 3.8) is 0 Å². The van der Waals surface area contributed by atoms with E-state index < -0.39 is 41.7 Å². The Balaban J connectivity index is 1.41. The number of carbonyl (C=O) groups excluding carboxylic acids is 1. The third-order valence-corrected chi connectivity index (χ3v) is 20.4. The molecule has 4 aromatic rings. The zero-order valence-corrected chi connectivity index (χ0v) is 34.0. The highest BCUT2D eigenvalue weighted by Gasteiger charge is 2.62. The van der Waals surface area contributed by atoms with Crippen LogP contribution in [-0.2, 0) is 22.4 Å². The molecule has 0 unspecified atom stereocenters. The highest BCUT2D eigenvalue weighted by Crippen LogP contribution is 2.49. The van der Waals surface area contributed by atoms with Gasteiger partial charge in [-0.15, -0.1) is 0 Å². The number of benzene rings is 2. The van der Waals surface area contributed by atoms with Crippen molar-refractivity contribution in [3.8, 4) is 5.75 Å². The van der Waals surface area contributed by atoms with Gasteiger partial charge in [-0.3, -0.25) is 9.36 Å². The molecule has 2 aliphatic rings. The highest BCUT2D eigenvalue weighted by molar-refractivity contribution is 7.79. The van der Waals surface area contributed by atoms with Crippen molar-refractivity contribution in [2.24, 2.45) is 0 Å². The lowest BCUT2D eigenvalue weighted by Gasteiger charge is -2.51. The van der Waals surface area contributed by atoms with Gasteiger partial charge in [0, 0.05) is 17.8 Å². The van der Waals surface area contributed by atoms with E-state index in [9.17, 15) is 4.79 Å². The molecule has 2 saturated heterocycles. The van der Waals surface area contributed by atoms with Crippen LogP contribution in [-0.4, -0.2) is 72.7 Å². The lowest BCUT2D eigenvalue weighted by atomic mass is 10.1. The van der Waals surface area contributed by atoms with Crippen LogP contribution in [0.5, 0.6) is 5.75 Å². The SMILES string of the molecule is Cc1ccc(OC(=S)O[C@@H]2[C@H]3O[Si](C(C)C)(C(C)C)O[Si](C(C)C)(C(C)C)OC[C@@H]3O[C@H]2n2cnc3c(NC(=O)c4ccccc4)ncnc32)cc1. The Morgan fingerprint density at radius 1 is 0.904 bits per heavy atom. The van der Waals surface area contributed by atoms with Crippen molar-refractivity contribution >= 4 is 57.5 Å². The largest absolute Gasteiger partial charge is 0.446 e. The molecule has 2 aliphatic heterocycles. The number of fused-ring (bicyclic) bond motifs is 2. The normalized spacial score (nSPS) is 22.7. The monoisotopic (exact) mass is 763 g/mol. The second-order valence-electron chi connectivity index (χ2n) is 14.7. The summed E-state index contributed by atoms with van der Waals surface area (Å²) >= 11 is 5.72. The third-order valence-electron chi connectivity index (χ3n) is 9.97. The van der Waals surface area contributed by atoms with Crippen molar-refractivity contribution in [1.29, 1.82) is 0 Å². The van der Waals surface area contributed by atoms with Crippen LogP contribution in [0, 0.1) is 6.92 Å². The lowest BCUT2D eigenvalue weighted by molar-refractivity contribution is -0.0569. The van der Waals surface area contributed by atoms with Crippen molar-refractivity contribution < 1.29 is 32.0 Å². The molecule has 2 aromatic heterocycles. The molecule has 0 saturated carbocycles. The van der Waals surface area contributed by atoms with Crippen LogP contribution >= 0.6 is 12.2 Å². The molecule has 4 atom stereocenters. The van der Waals surface area contributed by atoms with Gasteiger partial charge in [0.1, 0.15) is 24.3 Å². The molecule has 12 nitrogen and oxygen atoms in total. The van der Waals surface area contributed by atoms with E-state index in [0.29, 0.717) is 22.5 Å². The summed E-state index contributed by atoms with van der Waals surface area (Å²) in [5.41, 5.74) is 2.87. The molecule has 15 heteroatoms. The fourth-order valence-electron chi connectivity index (χ4n) is 7.21. The fraction of sp³-hybridized carbons (Fsp3) is 0.486. The molecule has 2 fully saturated rings. The predicted molar refractivity (Wildman–Crippen MR) is 207 cm³/mol. The molecular formula is C37H49N5O7SSi2. The summed E-state index contributed by atoms with van der Waals surface area (Å²) < 4.78 is 43.1. The lowest BCUT2D eigenvalue weighted by Crippen LogP contribution is -2.66. The van der Waals surface area contributed by atoms with E-state index in [1.54, 1.807) is 35.2 Å². The van der Waals surface area contributed by atoms with Gasteiger partial charge in [0.15, 0.2) is 29.3 Å². The van der Waals surface area contributed by atoms with E-state index in [0.717, 1.165) is 5.56 Å². The molecule has 0 radical (unpaired) electrons. The number of aromatic nitrogens is 4. The summed E-state index contributed by atoms with van der Waals surface area (Å²) in [5.74, 6) is 0.494. The van der Waals surface area contributed by atoms with Crippen molar-refractivity contribution in [2.45, 2.75) is 109 Å². The number of hydrogen-bond donors (Lipinski definition) is 1. The first-order valence-electron chi connectivity index (χ1n) is 17.9. The second-order valence-corrected chi connectivity index (χ2v) is 23.9. The molecule has 0 aliphatic carbocycles. The van der Waals surface area contributed by atoms with Gasteiger partial charge >= 0.3 is 22.4 Å². The Morgan fingerprint density at radius 2 is 1.56 bits per heavy atom. The number of imidazole rings is 1. The van der Waals surface area contributed by atoms with Crippen molar-refractivity contribution in [3.05, 3.63) is 78.4 Å². The fourth-order valence-corrected chi connectivity index (χ4v) is 18.6. The average Bonchev–Trinajstić information content (AvgIpc) is 3.67. The number of aryl methyl sites for hydroxylation is 1. The predicted octanol–water partition coefficient (Wildman–Crippen LogP) is 7.99. The van der Waals surface area contributed by atoms with Crippen LogP contribution in [0.15, 0.2) is 67.3 Å². The first-order valence-corrected chi connectivity index (χ1v) is 22.3. The molecule has 0 spiro atoms. The topological polar surface area (TPSA) is 128 Å². The molecule has 0 bridgehead atoms. The number of nitrogens with zero attached hydrogens (tertiary/aromatic N) is 4. The second kappa shape index (κ2) is 15.4. The summed E-state index contributed by atoms with van der Waals surface area (Å²) in [6.07, 6.45) is 0.148. The van der Waals surface area contributed by atoms with Gasteiger partial charge in [-0.05, 0) is 53.4 Å². The first-order chi connectivity index (χ1) is 24.8. The number of ether oxygens (including phenoxy) is 3. The van der Waals surface area contributed by atoms with E-state index in [1.807, 2.05) is 37.3 Å². The summed E-state index contributed by atoms with van der Waals surface area (Å²) in [6, 6.07) is 16.5. The van der Waals surface area contributed by atoms with Gasteiger partial charge in [0.05, 0.1) is 12.9 Å². The Kier molecular flexibility index (Phi) is 11.3. The molecule has 52 heavy (non-hydrogen) atoms. The van der Waals surface area contributed by atoms with Crippen LogP contribution < -0.4 is 10.1 Å². The molecule has 1 N–H and O–H groups in total. The Bertz CT molecular complexity index is 1860. The van der Waals surface area contributed by atoms with Crippen LogP contribution in [0.1, 0.15) is 77.5 Å². The quantitative estimate of drug-likeness (QED) is 0.132. The van der Waals surface area contributed by atoms with E-state index >= 15 is 0 Å². The molecular weight excluding hydrogens is 715 g/mol. The highest BCUT2D eigenvalue weighted by atomic mass is 32.1. The van der Waals surface area contributed by atoms with Crippen LogP contribution in [0.25, 0.3) is 11.2 Å². The zero-order valence-electron chi connectivity index (χ0n) is 31.2. The summed E-state index contributed by atoms with van der Waals surface area (Å²) in [7, 11) is -5.92. The Labute approximate surface area is 313 Å². The molecule has 6 rings (SSSR count). The van der Waals surface area contributed by atoms with Crippen LogP contribution in [0.4, 0.5) is 5.82 Å². The number of carbonyl (C=O) groups is 1. The van der Waals surface area contributed by atoms with E-state index in [4.69, 9.17) is 39.4 Å². The minimum absolute atomic E-state index is 0.0762. The van der Waals surface area contributed by atoms with Crippen molar-refractivity contribution in [2.75, 3.05) is 11.9 Å². The smallest absolute Gasteiger partial charge is 0.358 e. The summed E-state index contributed by atoms with van der Waals surface area (Å²) in [4.78, 5) is 26.7. The molecule has 278 valence electrons. The first kappa shape index (κ1) is 38.2. The maximum Gasteiger partial charge on any atom is 0.358 e. The Hall–Kier alpha value is -3.58. The standard InChI is InChI=1S/C37H49N5O7SSi2/c1-22(2)51(23(3)4)44-19-29-31(48-52(49-51,24(5)6)25(7)8)32(47-37(50)45-28-17-15-26(9)16-18-28)36(46-29)42-21-40-30-33(38-20-39-34(30)42)41-35(43)27-13-11-10-12-14-27/h10-18,20-25,29,31-32,36H,19H2,1-9H3,(H,38,39,41,43)/t29-,31-,32+,36+/m0/s1. The number of rotatable bonds is 9. The van der Waals surface area contributed by atoms with Gasteiger partial charge in [-0.2, -0.15) is 0 Å². The molecule has 1 amide bonds. The van der Waals surface area contributed by atoms with Gasteiger partial charge in [0.25, 0.3) is 5.91 Å².